The molecule has 2 aromatic carbocycles. The maximum absolute atomic E-state index is 12.0. The normalized spacial score (nSPS) is 10.6. The molecule has 8 nitrogen and oxygen atoms in total. The molecule has 0 fully saturated rings. The predicted octanol–water partition coefficient (Wildman–Crippen LogP) is 3.50. The first-order valence-corrected chi connectivity index (χ1v) is 9.64. The minimum atomic E-state index is -0.438. The number of aromatic nitrogens is 2. The van der Waals surface area contributed by atoms with E-state index in [4.69, 9.17) is 4.52 Å². The first-order valence-electron chi connectivity index (χ1n) is 8.48. The number of carbonyl (C=O) groups is 1. The molecule has 1 heterocycles. The molecule has 3 aromatic rings. The van der Waals surface area contributed by atoms with Crippen molar-refractivity contribution in [2.45, 2.75) is 19.2 Å². The lowest BCUT2D eigenvalue weighted by Gasteiger charge is -2.03. The van der Waals surface area contributed by atoms with Crippen molar-refractivity contribution in [3.8, 4) is 11.4 Å². The van der Waals surface area contributed by atoms with Crippen molar-refractivity contribution in [3.63, 3.8) is 0 Å². The van der Waals surface area contributed by atoms with Gasteiger partial charge >= 0.3 is 0 Å². The van der Waals surface area contributed by atoms with Crippen LogP contribution in [0, 0.1) is 17.0 Å². The Morgan fingerprint density at radius 3 is 2.57 bits per heavy atom. The van der Waals surface area contributed by atoms with Crippen LogP contribution in [-0.4, -0.2) is 26.7 Å². The number of benzene rings is 2. The van der Waals surface area contributed by atoms with Gasteiger partial charge in [-0.2, -0.15) is 4.98 Å². The highest BCUT2D eigenvalue weighted by Gasteiger charge is 2.10. The van der Waals surface area contributed by atoms with Crippen molar-refractivity contribution in [2.75, 3.05) is 5.75 Å². The van der Waals surface area contributed by atoms with Gasteiger partial charge in [0.2, 0.25) is 17.6 Å². The fraction of sp³-hybridized carbons (Fsp3) is 0.211. The summed E-state index contributed by atoms with van der Waals surface area (Å²) in [5.74, 6) is 1.52. The summed E-state index contributed by atoms with van der Waals surface area (Å²) >= 11 is 1.42. The molecule has 144 valence electrons. The smallest absolute Gasteiger partial charge is 0.269 e. The van der Waals surface area contributed by atoms with Crippen molar-refractivity contribution in [2.24, 2.45) is 0 Å². The molecule has 0 saturated heterocycles. The van der Waals surface area contributed by atoms with Gasteiger partial charge in [0, 0.05) is 23.4 Å². The van der Waals surface area contributed by atoms with Gasteiger partial charge in [0.05, 0.1) is 17.2 Å². The average Bonchev–Trinajstić information content (AvgIpc) is 3.16. The molecule has 0 unspecified atom stereocenters. The van der Waals surface area contributed by atoms with E-state index in [-0.39, 0.29) is 23.9 Å². The van der Waals surface area contributed by atoms with Gasteiger partial charge in [0.1, 0.15) is 0 Å². The molecular formula is C19H18N4O4S. The molecular weight excluding hydrogens is 380 g/mol. The number of thioether (sulfide) groups is 1. The summed E-state index contributed by atoms with van der Waals surface area (Å²) in [6, 6.07) is 14.1. The van der Waals surface area contributed by atoms with Crippen LogP contribution in [0.15, 0.2) is 53.1 Å². The number of nitro benzene ring substituents is 1. The average molecular weight is 398 g/mol. The third-order valence-electron chi connectivity index (χ3n) is 3.86. The fourth-order valence-corrected chi connectivity index (χ4v) is 3.16. The molecule has 0 saturated carbocycles. The molecule has 1 aromatic heterocycles. The van der Waals surface area contributed by atoms with E-state index in [9.17, 15) is 14.9 Å². The van der Waals surface area contributed by atoms with Gasteiger partial charge in [-0.15, -0.1) is 11.8 Å². The number of amides is 1. The number of hydrogen-bond donors (Lipinski definition) is 1. The number of nitrogens with one attached hydrogen (secondary N) is 1. The van der Waals surface area contributed by atoms with Crippen LogP contribution in [0.5, 0.6) is 0 Å². The molecule has 3 rings (SSSR count). The Hall–Kier alpha value is -3.20. The summed E-state index contributed by atoms with van der Waals surface area (Å²) in [7, 11) is 0. The Balaban J connectivity index is 1.42. The molecule has 0 spiro atoms. The monoisotopic (exact) mass is 398 g/mol. The van der Waals surface area contributed by atoms with Crippen LogP contribution >= 0.6 is 11.8 Å². The van der Waals surface area contributed by atoms with Crippen molar-refractivity contribution >= 4 is 23.4 Å². The molecule has 0 atom stereocenters. The molecule has 9 heteroatoms. The van der Waals surface area contributed by atoms with E-state index < -0.39 is 4.92 Å². The third-order valence-corrected chi connectivity index (χ3v) is 4.87. The second-order valence-corrected chi connectivity index (χ2v) is 7.06. The van der Waals surface area contributed by atoms with Crippen LogP contribution in [-0.2, 0) is 17.1 Å². The Morgan fingerprint density at radius 1 is 1.18 bits per heavy atom. The molecule has 0 aliphatic rings. The maximum Gasteiger partial charge on any atom is 0.269 e. The van der Waals surface area contributed by atoms with Gasteiger partial charge < -0.3 is 9.84 Å². The highest BCUT2D eigenvalue weighted by Crippen LogP contribution is 2.17. The standard InChI is InChI=1S/C19H18N4O4S/c1-13-2-6-15(7-3-13)19-21-18(27-22-19)10-20-17(24)12-28-11-14-4-8-16(9-5-14)23(25)26/h2-9H,10-12H2,1H3,(H,20,24). The minimum absolute atomic E-state index is 0.0519. The minimum Gasteiger partial charge on any atom is -0.346 e. The van der Waals surface area contributed by atoms with Gasteiger partial charge in [-0.05, 0) is 12.5 Å². The number of hydrogen-bond acceptors (Lipinski definition) is 7. The van der Waals surface area contributed by atoms with Gasteiger partial charge in [0.25, 0.3) is 5.69 Å². The lowest BCUT2D eigenvalue weighted by atomic mass is 10.1. The predicted molar refractivity (Wildman–Crippen MR) is 106 cm³/mol. The van der Waals surface area contributed by atoms with Gasteiger partial charge in [-0.25, -0.2) is 0 Å². The first-order chi connectivity index (χ1) is 13.5. The lowest BCUT2D eigenvalue weighted by Crippen LogP contribution is -2.24. The molecule has 1 N–H and O–H groups in total. The van der Waals surface area contributed by atoms with Crippen LogP contribution < -0.4 is 5.32 Å². The van der Waals surface area contributed by atoms with Crippen LogP contribution in [0.3, 0.4) is 0 Å². The van der Waals surface area contributed by atoms with E-state index in [1.807, 2.05) is 31.2 Å². The first kappa shape index (κ1) is 19.6. The Morgan fingerprint density at radius 2 is 1.89 bits per heavy atom. The summed E-state index contributed by atoms with van der Waals surface area (Å²) in [6.07, 6.45) is 0. The highest BCUT2D eigenvalue weighted by molar-refractivity contribution is 7.99. The van der Waals surface area contributed by atoms with E-state index >= 15 is 0 Å². The van der Waals surface area contributed by atoms with Crippen LogP contribution in [0.25, 0.3) is 11.4 Å². The maximum atomic E-state index is 12.0. The number of non-ortho nitro benzene ring substituents is 1. The summed E-state index contributed by atoms with van der Waals surface area (Å²) in [5, 5.41) is 17.3. The number of nitrogens with zero attached hydrogens (tertiary/aromatic N) is 3. The summed E-state index contributed by atoms with van der Waals surface area (Å²) in [5.41, 5.74) is 2.97. The number of carbonyl (C=O) groups excluding carboxylic acids is 1. The summed E-state index contributed by atoms with van der Waals surface area (Å²) < 4.78 is 5.17. The highest BCUT2D eigenvalue weighted by atomic mass is 32.2. The molecule has 1 amide bonds. The number of aryl methyl sites for hydroxylation is 1. The molecule has 0 aliphatic carbocycles. The van der Waals surface area contributed by atoms with Crippen LogP contribution in [0.2, 0.25) is 0 Å². The van der Waals surface area contributed by atoms with Crippen molar-refractivity contribution in [1.82, 2.24) is 15.5 Å². The van der Waals surface area contributed by atoms with Gasteiger partial charge in [-0.3, -0.25) is 14.9 Å². The second-order valence-electron chi connectivity index (χ2n) is 6.07. The molecule has 0 bridgehead atoms. The lowest BCUT2D eigenvalue weighted by molar-refractivity contribution is -0.384. The van der Waals surface area contributed by atoms with E-state index in [2.05, 4.69) is 15.5 Å². The number of rotatable bonds is 8. The quantitative estimate of drug-likeness (QED) is 0.456. The van der Waals surface area contributed by atoms with Gasteiger partial charge in [0.15, 0.2) is 0 Å². The molecule has 0 aliphatic heterocycles. The zero-order valence-electron chi connectivity index (χ0n) is 15.1. The zero-order chi connectivity index (χ0) is 19.9. The Labute approximate surface area is 165 Å². The Bertz CT molecular complexity index is 955. The second kappa shape index (κ2) is 9.14. The summed E-state index contributed by atoms with van der Waals surface area (Å²) in [6.45, 7) is 2.16. The fourth-order valence-electron chi connectivity index (χ4n) is 2.35. The van der Waals surface area contributed by atoms with E-state index in [1.165, 1.54) is 23.9 Å². The van der Waals surface area contributed by atoms with E-state index in [0.717, 1.165) is 16.7 Å². The number of nitro groups is 1. The van der Waals surface area contributed by atoms with Crippen molar-refractivity contribution in [3.05, 3.63) is 75.7 Å². The van der Waals surface area contributed by atoms with Crippen LogP contribution in [0.1, 0.15) is 17.0 Å². The Kier molecular flexibility index (Phi) is 6.38. The van der Waals surface area contributed by atoms with Crippen molar-refractivity contribution < 1.29 is 14.2 Å². The van der Waals surface area contributed by atoms with E-state index in [0.29, 0.717) is 17.5 Å². The molecule has 0 radical (unpaired) electrons. The van der Waals surface area contributed by atoms with Crippen molar-refractivity contribution in [1.29, 1.82) is 0 Å². The topological polar surface area (TPSA) is 111 Å². The SMILES string of the molecule is Cc1ccc(-c2noc(CNC(=O)CSCc3ccc([N+](=O)[O-])cc3)n2)cc1. The third kappa shape index (κ3) is 5.40. The largest absolute Gasteiger partial charge is 0.346 e. The molecule has 28 heavy (non-hydrogen) atoms. The zero-order valence-corrected chi connectivity index (χ0v) is 15.9. The summed E-state index contributed by atoms with van der Waals surface area (Å²) in [4.78, 5) is 26.4. The van der Waals surface area contributed by atoms with Gasteiger partial charge in [-0.1, -0.05) is 47.1 Å². The van der Waals surface area contributed by atoms with Crippen LogP contribution in [0.4, 0.5) is 5.69 Å². The van der Waals surface area contributed by atoms with E-state index in [1.54, 1.807) is 12.1 Å².